The van der Waals surface area contributed by atoms with Gasteiger partial charge in [-0.25, -0.2) is 0 Å². The molecule has 2 fully saturated rings. The molecule has 2 rings (SSSR count). The zero-order valence-electron chi connectivity index (χ0n) is 13.5. The number of carbonyl (C=O) groups is 1. The van der Waals surface area contributed by atoms with E-state index in [1.807, 2.05) is 11.9 Å². The molecule has 0 aromatic heterocycles. The monoisotopic (exact) mass is 339 g/mol. The van der Waals surface area contributed by atoms with Crippen molar-refractivity contribution in [2.45, 2.75) is 51.6 Å². The largest absolute Gasteiger partial charge is 0.342 e. The number of hydrogen-bond donors (Lipinski definition) is 1. The van der Waals surface area contributed by atoms with Crippen molar-refractivity contribution in [3.05, 3.63) is 0 Å². The van der Waals surface area contributed by atoms with Crippen LogP contribution < -0.4 is 5.32 Å². The minimum Gasteiger partial charge on any atom is -0.342 e. The Bertz CT molecular complexity index is 311. The Morgan fingerprint density at radius 3 is 2.57 bits per heavy atom. The molecule has 126 valence electrons. The second kappa shape index (κ2) is 9.88. The van der Waals surface area contributed by atoms with Crippen LogP contribution in [0.4, 0.5) is 0 Å². The number of nitrogens with zero attached hydrogens (tertiary/aromatic N) is 2. The van der Waals surface area contributed by atoms with Crippen molar-refractivity contribution in [1.29, 1.82) is 0 Å². The smallest absolute Gasteiger partial charge is 0.224 e. The number of rotatable bonds is 4. The highest BCUT2D eigenvalue weighted by Crippen LogP contribution is 2.22. The first-order valence-electron chi connectivity index (χ1n) is 7.83. The quantitative estimate of drug-likeness (QED) is 0.852. The Hall–Kier alpha value is -0.0300. The van der Waals surface area contributed by atoms with Crippen LogP contribution in [0.2, 0.25) is 0 Å². The summed E-state index contributed by atoms with van der Waals surface area (Å²) in [5, 5.41) is 3.42. The molecule has 0 saturated carbocycles. The Morgan fingerprint density at radius 1 is 1.33 bits per heavy atom. The topological polar surface area (TPSA) is 35.6 Å². The number of halogens is 2. The van der Waals surface area contributed by atoms with Gasteiger partial charge in [-0.15, -0.1) is 24.8 Å². The summed E-state index contributed by atoms with van der Waals surface area (Å²) in [4.78, 5) is 16.9. The minimum atomic E-state index is 0. The van der Waals surface area contributed by atoms with Gasteiger partial charge in [-0.2, -0.15) is 0 Å². The molecule has 3 unspecified atom stereocenters. The van der Waals surface area contributed by atoms with Crippen molar-refractivity contribution >= 4 is 30.7 Å². The third-order valence-corrected chi connectivity index (χ3v) is 4.87. The number of hydrogen-bond acceptors (Lipinski definition) is 3. The summed E-state index contributed by atoms with van der Waals surface area (Å²) in [6, 6.07) is 0.845. The number of nitrogens with one attached hydrogen (secondary N) is 1. The van der Waals surface area contributed by atoms with E-state index < -0.39 is 0 Å². The maximum atomic E-state index is 12.4. The second-order valence-electron chi connectivity index (χ2n) is 6.23. The summed E-state index contributed by atoms with van der Waals surface area (Å²) in [7, 11) is 2.00. The molecular formula is C15H31Cl2N3O. The summed E-state index contributed by atoms with van der Waals surface area (Å²) < 4.78 is 0. The lowest BCUT2D eigenvalue weighted by molar-refractivity contribution is -0.134. The summed E-state index contributed by atoms with van der Waals surface area (Å²) in [5.41, 5.74) is 0. The van der Waals surface area contributed by atoms with E-state index in [0.717, 1.165) is 39.0 Å². The van der Waals surface area contributed by atoms with Gasteiger partial charge in [0, 0.05) is 38.6 Å². The molecule has 3 atom stereocenters. The molecular weight excluding hydrogens is 309 g/mol. The maximum Gasteiger partial charge on any atom is 0.224 e. The lowest BCUT2D eigenvalue weighted by atomic mass is 9.92. The molecule has 0 bridgehead atoms. The van der Waals surface area contributed by atoms with E-state index in [2.05, 4.69) is 24.1 Å². The van der Waals surface area contributed by atoms with Gasteiger partial charge >= 0.3 is 0 Å². The van der Waals surface area contributed by atoms with Crippen molar-refractivity contribution in [2.24, 2.45) is 5.92 Å². The summed E-state index contributed by atoms with van der Waals surface area (Å²) >= 11 is 0. The summed E-state index contributed by atoms with van der Waals surface area (Å²) in [5.74, 6) is 0.903. The van der Waals surface area contributed by atoms with E-state index in [1.54, 1.807) is 0 Å². The molecule has 4 nitrogen and oxygen atoms in total. The van der Waals surface area contributed by atoms with Crippen molar-refractivity contribution < 1.29 is 4.79 Å². The molecule has 1 amide bonds. The molecule has 2 aliphatic rings. The zero-order chi connectivity index (χ0) is 13.8. The van der Waals surface area contributed by atoms with Crippen LogP contribution in [0.1, 0.15) is 39.5 Å². The number of amides is 1. The molecule has 0 spiro atoms. The lowest BCUT2D eigenvalue weighted by Gasteiger charge is -2.41. The molecule has 6 heteroatoms. The van der Waals surface area contributed by atoms with Crippen LogP contribution in [-0.4, -0.2) is 61.0 Å². The first-order valence-corrected chi connectivity index (χ1v) is 7.83. The SMILES string of the molecule is CCN1CCC(N(C)C(=O)CC2CCCN2)C(C)C1.Cl.Cl. The van der Waals surface area contributed by atoms with Crippen molar-refractivity contribution in [1.82, 2.24) is 15.1 Å². The molecule has 1 N–H and O–H groups in total. The maximum absolute atomic E-state index is 12.4. The molecule has 2 aliphatic heterocycles. The molecule has 0 aliphatic carbocycles. The zero-order valence-corrected chi connectivity index (χ0v) is 15.1. The van der Waals surface area contributed by atoms with Gasteiger partial charge < -0.3 is 15.1 Å². The minimum absolute atomic E-state index is 0. The standard InChI is InChI=1S/C15H29N3O.2ClH/c1-4-18-9-7-14(12(2)11-18)17(3)15(19)10-13-6-5-8-16-13;;/h12-14,16H,4-11H2,1-3H3;2*1H. The Balaban J connectivity index is 0.00000200. The summed E-state index contributed by atoms with van der Waals surface area (Å²) in [6.45, 7) is 8.96. The van der Waals surface area contributed by atoms with Crippen molar-refractivity contribution in [2.75, 3.05) is 33.2 Å². The number of likely N-dealkylation sites (tertiary alicyclic amines) is 1. The first-order chi connectivity index (χ1) is 9.11. The van der Waals surface area contributed by atoms with E-state index in [0.29, 0.717) is 30.3 Å². The average molecular weight is 340 g/mol. The van der Waals surface area contributed by atoms with Crippen molar-refractivity contribution in [3.63, 3.8) is 0 Å². The van der Waals surface area contributed by atoms with E-state index in [4.69, 9.17) is 0 Å². The summed E-state index contributed by atoms with van der Waals surface area (Å²) in [6.07, 6.45) is 4.17. The van der Waals surface area contributed by atoms with Crippen LogP contribution in [0.3, 0.4) is 0 Å². The van der Waals surface area contributed by atoms with Gasteiger partial charge in [0.1, 0.15) is 0 Å². The van der Waals surface area contributed by atoms with Crippen LogP contribution in [0, 0.1) is 5.92 Å². The Kier molecular flexibility index (Phi) is 9.87. The molecule has 2 saturated heterocycles. The highest BCUT2D eigenvalue weighted by atomic mass is 35.5. The fraction of sp³-hybridized carbons (Fsp3) is 0.933. The fourth-order valence-corrected chi connectivity index (χ4v) is 3.55. The Labute approximate surface area is 141 Å². The first kappa shape index (κ1) is 21.0. The average Bonchev–Trinajstić information content (AvgIpc) is 2.90. The van der Waals surface area contributed by atoms with Crippen LogP contribution in [0.15, 0.2) is 0 Å². The van der Waals surface area contributed by atoms with E-state index in [-0.39, 0.29) is 24.8 Å². The van der Waals surface area contributed by atoms with Gasteiger partial charge in [0.15, 0.2) is 0 Å². The van der Waals surface area contributed by atoms with Gasteiger partial charge in [-0.3, -0.25) is 4.79 Å². The lowest BCUT2D eigenvalue weighted by Crippen LogP contribution is -2.51. The highest BCUT2D eigenvalue weighted by molar-refractivity contribution is 5.85. The van der Waals surface area contributed by atoms with Crippen LogP contribution in [0.25, 0.3) is 0 Å². The van der Waals surface area contributed by atoms with Crippen molar-refractivity contribution in [3.8, 4) is 0 Å². The molecule has 0 radical (unpaired) electrons. The molecule has 21 heavy (non-hydrogen) atoms. The van der Waals surface area contributed by atoms with Crippen LogP contribution in [0.5, 0.6) is 0 Å². The third kappa shape index (κ3) is 5.59. The van der Waals surface area contributed by atoms with E-state index in [9.17, 15) is 4.79 Å². The fourth-order valence-electron chi connectivity index (χ4n) is 3.55. The molecule has 0 aromatic rings. The third-order valence-electron chi connectivity index (χ3n) is 4.87. The Morgan fingerprint density at radius 2 is 2.05 bits per heavy atom. The molecule has 0 aromatic carbocycles. The normalized spacial score (nSPS) is 29.4. The van der Waals surface area contributed by atoms with Gasteiger partial charge in [-0.05, 0) is 38.3 Å². The highest BCUT2D eigenvalue weighted by Gasteiger charge is 2.31. The number of piperidine rings is 1. The second-order valence-corrected chi connectivity index (χ2v) is 6.23. The van der Waals surface area contributed by atoms with Gasteiger partial charge in [0.2, 0.25) is 5.91 Å². The van der Waals surface area contributed by atoms with Gasteiger partial charge in [-0.1, -0.05) is 13.8 Å². The van der Waals surface area contributed by atoms with Crippen LogP contribution in [-0.2, 0) is 4.79 Å². The van der Waals surface area contributed by atoms with E-state index >= 15 is 0 Å². The van der Waals surface area contributed by atoms with Gasteiger partial charge in [0.25, 0.3) is 0 Å². The van der Waals surface area contributed by atoms with Crippen LogP contribution >= 0.6 is 24.8 Å². The van der Waals surface area contributed by atoms with E-state index in [1.165, 1.54) is 6.42 Å². The predicted molar refractivity (Wildman–Crippen MR) is 92.6 cm³/mol. The number of carbonyl (C=O) groups excluding carboxylic acids is 1. The van der Waals surface area contributed by atoms with Gasteiger partial charge in [0.05, 0.1) is 0 Å². The molecule has 2 heterocycles. The predicted octanol–water partition coefficient (Wildman–Crippen LogP) is 2.16.